The van der Waals surface area contributed by atoms with Crippen LogP contribution >= 0.6 is 0 Å². The molecule has 1 aliphatic heterocycles. The molecule has 0 aromatic rings. The van der Waals surface area contributed by atoms with Gasteiger partial charge in [0.1, 0.15) is 24.7 Å². The zero-order valence-electron chi connectivity index (χ0n) is 11.1. The molecule has 1 heterocycles. The lowest BCUT2D eigenvalue weighted by Gasteiger charge is -2.24. The van der Waals surface area contributed by atoms with E-state index in [1.807, 2.05) is 0 Å². The minimum Gasteiger partial charge on any atom is -0.463 e. The van der Waals surface area contributed by atoms with Gasteiger partial charge < -0.3 is 18.9 Å². The summed E-state index contributed by atoms with van der Waals surface area (Å²) in [6, 6.07) is 0. The van der Waals surface area contributed by atoms with E-state index in [2.05, 4.69) is 14.2 Å². The van der Waals surface area contributed by atoms with Crippen LogP contribution in [0.2, 0.25) is 0 Å². The molecule has 0 bridgehead atoms. The van der Waals surface area contributed by atoms with Crippen molar-refractivity contribution >= 4 is 11.9 Å². The third kappa shape index (κ3) is 4.07. The summed E-state index contributed by atoms with van der Waals surface area (Å²) in [4.78, 5) is 21.7. The number of esters is 2. The Balaban J connectivity index is 2.93. The van der Waals surface area contributed by atoms with Crippen LogP contribution in [0.3, 0.4) is 0 Å². The van der Waals surface area contributed by atoms with Crippen molar-refractivity contribution in [2.75, 3.05) is 13.7 Å². The van der Waals surface area contributed by atoms with Gasteiger partial charge in [-0.2, -0.15) is 13.2 Å². The van der Waals surface area contributed by atoms with Gasteiger partial charge in [0, 0.05) is 21.0 Å². The number of hydrogen-bond acceptors (Lipinski definition) is 6. The van der Waals surface area contributed by atoms with Crippen molar-refractivity contribution in [2.24, 2.45) is 5.92 Å². The number of ether oxygens (including phenoxy) is 4. The van der Waals surface area contributed by atoms with Crippen LogP contribution in [0.5, 0.6) is 0 Å². The summed E-state index contributed by atoms with van der Waals surface area (Å²) in [6.07, 6.45) is -9.18. The third-order valence-electron chi connectivity index (χ3n) is 2.69. The quantitative estimate of drug-likeness (QED) is 0.722. The smallest absolute Gasteiger partial charge is 0.400 e. The molecule has 0 aliphatic carbocycles. The Morgan fingerprint density at radius 1 is 1.20 bits per heavy atom. The molecule has 1 saturated heterocycles. The molecule has 0 saturated carbocycles. The van der Waals surface area contributed by atoms with E-state index in [1.165, 1.54) is 0 Å². The van der Waals surface area contributed by atoms with Crippen LogP contribution in [0.1, 0.15) is 13.8 Å². The second kappa shape index (κ2) is 6.40. The predicted octanol–water partition coefficient (Wildman–Crippen LogP) is 1.03. The Morgan fingerprint density at radius 3 is 2.20 bits per heavy atom. The van der Waals surface area contributed by atoms with E-state index < -0.39 is 49.1 Å². The van der Waals surface area contributed by atoms with Crippen molar-refractivity contribution in [1.82, 2.24) is 0 Å². The van der Waals surface area contributed by atoms with Crippen LogP contribution in [-0.4, -0.2) is 50.3 Å². The van der Waals surface area contributed by atoms with E-state index in [-0.39, 0.29) is 0 Å². The normalized spacial score (nSPS) is 30.1. The van der Waals surface area contributed by atoms with Gasteiger partial charge in [0.05, 0.1) is 0 Å². The van der Waals surface area contributed by atoms with Gasteiger partial charge in [-0.1, -0.05) is 0 Å². The molecule has 20 heavy (non-hydrogen) atoms. The average molecular weight is 300 g/mol. The van der Waals surface area contributed by atoms with Gasteiger partial charge in [-0.05, 0) is 0 Å². The van der Waals surface area contributed by atoms with Crippen LogP contribution < -0.4 is 0 Å². The maximum Gasteiger partial charge on any atom is 0.400 e. The van der Waals surface area contributed by atoms with Gasteiger partial charge in [-0.15, -0.1) is 0 Å². The summed E-state index contributed by atoms with van der Waals surface area (Å²) in [7, 11) is 1.04. The van der Waals surface area contributed by atoms with E-state index in [0.29, 0.717) is 0 Å². The highest BCUT2D eigenvalue weighted by Gasteiger charge is 2.60. The lowest BCUT2D eigenvalue weighted by molar-refractivity contribution is -0.241. The SMILES string of the molecule is COC1OC(COC(C)=O)C(OC(C)=O)C1C(F)(F)F. The Kier molecular flexibility index (Phi) is 5.35. The molecule has 0 amide bonds. The highest BCUT2D eigenvalue weighted by molar-refractivity contribution is 5.66. The number of carbonyl (C=O) groups is 2. The number of hydrogen-bond donors (Lipinski definition) is 0. The molecule has 4 atom stereocenters. The summed E-state index contributed by atoms with van der Waals surface area (Å²) >= 11 is 0. The average Bonchev–Trinajstić information content (AvgIpc) is 2.63. The summed E-state index contributed by atoms with van der Waals surface area (Å²) in [6.45, 7) is 1.63. The summed E-state index contributed by atoms with van der Waals surface area (Å²) in [5.41, 5.74) is 0. The number of alkyl halides is 3. The first-order valence-corrected chi connectivity index (χ1v) is 5.72. The van der Waals surface area contributed by atoms with Gasteiger partial charge in [0.25, 0.3) is 0 Å². The van der Waals surface area contributed by atoms with Crippen molar-refractivity contribution in [3.05, 3.63) is 0 Å². The Hall–Kier alpha value is -1.35. The topological polar surface area (TPSA) is 71.1 Å². The zero-order valence-corrected chi connectivity index (χ0v) is 11.1. The Labute approximate surface area is 113 Å². The largest absolute Gasteiger partial charge is 0.463 e. The second-order valence-electron chi connectivity index (χ2n) is 4.22. The van der Waals surface area contributed by atoms with Crippen LogP contribution in [0.4, 0.5) is 13.2 Å². The molecule has 4 unspecified atom stereocenters. The monoisotopic (exact) mass is 300 g/mol. The second-order valence-corrected chi connectivity index (χ2v) is 4.22. The zero-order chi connectivity index (χ0) is 15.5. The first-order chi connectivity index (χ1) is 9.16. The predicted molar refractivity (Wildman–Crippen MR) is 57.4 cm³/mol. The number of carbonyl (C=O) groups excluding carboxylic acids is 2. The van der Waals surface area contributed by atoms with Crippen molar-refractivity contribution in [1.29, 1.82) is 0 Å². The summed E-state index contributed by atoms with van der Waals surface area (Å²) in [5, 5.41) is 0. The van der Waals surface area contributed by atoms with Crippen molar-refractivity contribution in [2.45, 2.75) is 38.5 Å². The van der Waals surface area contributed by atoms with Crippen molar-refractivity contribution < 1.29 is 41.7 Å². The number of halogens is 3. The fourth-order valence-corrected chi connectivity index (χ4v) is 1.94. The van der Waals surface area contributed by atoms with E-state index in [1.54, 1.807) is 0 Å². The number of rotatable bonds is 4. The fraction of sp³-hybridized carbons (Fsp3) is 0.818. The Bertz CT molecular complexity index is 370. The molecule has 1 aliphatic rings. The third-order valence-corrected chi connectivity index (χ3v) is 2.69. The van der Waals surface area contributed by atoms with Crippen LogP contribution in [-0.2, 0) is 28.5 Å². The minimum atomic E-state index is -4.69. The van der Waals surface area contributed by atoms with E-state index in [9.17, 15) is 22.8 Å². The van der Waals surface area contributed by atoms with Gasteiger partial charge in [-0.25, -0.2) is 0 Å². The molecule has 0 aromatic heterocycles. The van der Waals surface area contributed by atoms with Crippen molar-refractivity contribution in [3.63, 3.8) is 0 Å². The van der Waals surface area contributed by atoms with Gasteiger partial charge in [-0.3, -0.25) is 9.59 Å². The number of methoxy groups -OCH3 is 1. The van der Waals surface area contributed by atoms with Crippen LogP contribution in [0, 0.1) is 5.92 Å². The van der Waals surface area contributed by atoms with Gasteiger partial charge in [0.15, 0.2) is 6.29 Å². The Morgan fingerprint density at radius 2 is 1.80 bits per heavy atom. The molecule has 116 valence electrons. The lowest BCUT2D eigenvalue weighted by atomic mass is 10.00. The molecule has 0 radical (unpaired) electrons. The van der Waals surface area contributed by atoms with Crippen LogP contribution in [0.25, 0.3) is 0 Å². The molecular formula is C11H15F3O6. The van der Waals surface area contributed by atoms with Gasteiger partial charge in [0.2, 0.25) is 0 Å². The highest BCUT2D eigenvalue weighted by Crippen LogP contribution is 2.41. The first-order valence-electron chi connectivity index (χ1n) is 5.72. The molecule has 0 spiro atoms. The van der Waals surface area contributed by atoms with Gasteiger partial charge >= 0.3 is 18.1 Å². The summed E-state index contributed by atoms with van der Waals surface area (Å²) in [5.74, 6) is -3.71. The lowest BCUT2D eigenvalue weighted by Crippen LogP contribution is -2.43. The fourth-order valence-electron chi connectivity index (χ4n) is 1.94. The van der Waals surface area contributed by atoms with Crippen LogP contribution in [0.15, 0.2) is 0 Å². The molecule has 1 fully saturated rings. The highest BCUT2D eigenvalue weighted by atomic mass is 19.4. The standard InChI is InChI=1S/C11H15F3O6/c1-5(15)18-4-7-9(19-6(2)16)8(11(12,13)14)10(17-3)20-7/h7-10H,4H2,1-3H3. The molecule has 0 aromatic carbocycles. The maximum absolute atomic E-state index is 13.0. The molecular weight excluding hydrogens is 285 g/mol. The minimum absolute atomic E-state index is 0.459. The van der Waals surface area contributed by atoms with E-state index in [0.717, 1.165) is 21.0 Å². The van der Waals surface area contributed by atoms with Crippen molar-refractivity contribution in [3.8, 4) is 0 Å². The molecule has 1 rings (SSSR count). The first kappa shape index (κ1) is 16.7. The maximum atomic E-state index is 13.0. The van der Waals surface area contributed by atoms with E-state index >= 15 is 0 Å². The molecule has 9 heteroatoms. The molecule has 6 nitrogen and oxygen atoms in total. The molecule has 0 N–H and O–H groups in total. The summed E-state index contributed by atoms with van der Waals surface area (Å²) < 4.78 is 58.0. The van der Waals surface area contributed by atoms with E-state index in [4.69, 9.17) is 4.74 Å².